The molecule has 0 radical (unpaired) electrons. The second-order valence-electron chi connectivity index (χ2n) is 5.97. The molecule has 150 valence electrons. The third kappa shape index (κ3) is 5.45. The van der Waals surface area contributed by atoms with Gasteiger partial charge in [-0.25, -0.2) is 5.43 Å². The molecule has 0 saturated heterocycles. The zero-order valence-electron chi connectivity index (χ0n) is 15.7. The maximum absolute atomic E-state index is 12.3. The molecule has 9 heteroatoms. The van der Waals surface area contributed by atoms with Gasteiger partial charge in [0.25, 0.3) is 5.91 Å². The third-order valence-electron chi connectivity index (χ3n) is 3.94. The molecule has 1 aromatic heterocycles. The van der Waals surface area contributed by atoms with Crippen LogP contribution in [-0.2, 0) is 6.54 Å². The van der Waals surface area contributed by atoms with Crippen molar-refractivity contribution in [3.63, 3.8) is 0 Å². The van der Waals surface area contributed by atoms with E-state index in [0.717, 1.165) is 20.1 Å². The van der Waals surface area contributed by atoms with E-state index >= 15 is 0 Å². The predicted octanol–water partition coefficient (Wildman–Crippen LogP) is 4.24. The Bertz CT molecular complexity index is 1050. The van der Waals surface area contributed by atoms with Crippen LogP contribution in [0.5, 0.6) is 11.5 Å². The van der Waals surface area contributed by atoms with Crippen LogP contribution in [0.25, 0.3) is 0 Å². The third-order valence-corrected chi connectivity index (χ3v) is 5.02. The number of carbonyl (C=O) groups excluding carboxylic acids is 1. The topological polar surface area (TPSA) is 77.7 Å². The van der Waals surface area contributed by atoms with Gasteiger partial charge in [0.15, 0.2) is 17.2 Å². The first kappa shape index (κ1) is 21.1. The number of ether oxygens (including phenoxy) is 2. The van der Waals surface area contributed by atoms with Gasteiger partial charge in [-0.1, -0.05) is 28.1 Å². The summed E-state index contributed by atoms with van der Waals surface area (Å²) in [4.78, 5) is 12.3. The van der Waals surface area contributed by atoms with Crippen molar-refractivity contribution in [1.82, 2.24) is 15.2 Å². The zero-order chi connectivity index (χ0) is 20.8. The number of amides is 1. The van der Waals surface area contributed by atoms with E-state index in [1.165, 1.54) is 6.21 Å². The molecule has 0 atom stereocenters. The van der Waals surface area contributed by atoms with Crippen LogP contribution in [0.1, 0.15) is 21.6 Å². The molecule has 2 aromatic carbocycles. The van der Waals surface area contributed by atoms with E-state index in [0.29, 0.717) is 18.0 Å². The fourth-order valence-electron chi connectivity index (χ4n) is 2.63. The van der Waals surface area contributed by atoms with Crippen molar-refractivity contribution in [2.75, 3.05) is 14.2 Å². The Kier molecular flexibility index (Phi) is 7.05. The normalized spacial score (nSPS) is 10.9. The Morgan fingerprint density at radius 2 is 2.03 bits per heavy atom. The lowest BCUT2D eigenvalue weighted by atomic mass is 10.2. The van der Waals surface area contributed by atoms with Crippen molar-refractivity contribution in [3.8, 4) is 11.5 Å². The number of nitrogens with one attached hydrogen (secondary N) is 1. The molecule has 1 N–H and O–H groups in total. The molecule has 29 heavy (non-hydrogen) atoms. The first-order chi connectivity index (χ1) is 14.0. The monoisotopic (exact) mass is 520 g/mol. The minimum atomic E-state index is -0.395. The summed E-state index contributed by atoms with van der Waals surface area (Å²) >= 11 is 6.87. The molecule has 0 bridgehead atoms. The molecular formula is C20H18Br2N4O3. The molecule has 3 rings (SSSR count). The second-order valence-corrected chi connectivity index (χ2v) is 7.74. The number of nitrogens with zero attached hydrogens (tertiary/aromatic N) is 3. The fourth-order valence-corrected chi connectivity index (χ4v) is 3.70. The summed E-state index contributed by atoms with van der Waals surface area (Å²) in [6.07, 6.45) is 3.27. The maximum Gasteiger partial charge on any atom is 0.291 e. The van der Waals surface area contributed by atoms with Crippen molar-refractivity contribution in [2.24, 2.45) is 5.10 Å². The van der Waals surface area contributed by atoms with Gasteiger partial charge < -0.3 is 9.47 Å². The number of methoxy groups -OCH3 is 2. The molecule has 3 aromatic rings. The molecular weight excluding hydrogens is 504 g/mol. The van der Waals surface area contributed by atoms with Crippen LogP contribution in [0, 0.1) is 0 Å². The summed E-state index contributed by atoms with van der Waals surface area (Å²) in [5.74, 6) is 0.749. The lowest BCUT2D eigenvalue weighted by Gasteiger charge is -2.10. The molecule has 0 aliphatic carbocycles. The minimum absolute atomic E-state index is 0.283. The average Bonchev–Trinajstić information content (AvgIpc) is 3.16. The Morgan fingerprint density at radius 3 is 2.76 bits per heavy atom. The number of hydrogen-bond donors (Lipinski definition) is 1. The largest absolute Gasteiger partial charge is 0.493 e. The van der Waals surface area contributed by atoms with Crippen molar-refractivity contribution < 1.29 is 14.3 Å². The number of hydrogen-bond acceptors (Lipinski definition) is 5. The Morgan fingerprint density at radius 1 is 1.21 bits per heavy atom. The summed E-state index contributed by atoms with van der Waals surface area (Å²) in [5, 5.41) is 8.29. The Labute approximate surface area is 185 Å². The van der Waals surface area contributed by atoms with E-state index < -0.39 is 5.91 Å². The molecule has 1 heterocycles. The number of benzene rings is 2. The van der Waals surface area contributed by atoms with Gasteiger partial charge in [-0.3, -0.25) is 9.48 Å². The van der Waals surface area contributed by atoms with Crippen molar-refractivity contribution in [1.29, 1.82) is 0 Å². The van der Waals surface area contributed by atoms with Crippen molar-refractivity contribution in [2.45, 2.75) is 6.54 Å². The molecule has 1 amide bonds. The van der Waals surface area contributed by atoms with E-state index in [1.807, 2.05) is 30.3 Å². The zero-order valence-corrected chi connectivity index (χ0v) is 18.9. The molecule has 0 aliphatic rings. The van der Waals surface area contributed by atoms with E-state index in [-0.39, 0.29) is 5.69 Å². The highest BCUT2D eigenvalue weighted by atomic mass is 79.9. The summed E-state index contributed by atoms with van der Waals surface area (Å²) < 4.78 is 14.0. The number of aromatic nitrogens is 2. The SMILES string of the molecule is COc1cc(C=NNC(=O)c2ccn(Cc3cccc(Br)c3)n2)cc(Br)c1OC. The maximum atomic E-state index is 12.3. The molecule has 7 nitrogen and oxygen atoms in total. The van der Waals surface area contributed by atoms with Crippen LogP contribution in [0.4, 0.5) is 0 Å². The molecule has 0 spiro atoms. The number of rotatable bonds is 7. The van der Waals surface area contributed by atoms with Crippen LogP contribution >= 0.6 is 31.9 Å². The molecule has 0 aliphatic heterocycles. The summed E-state index contributed by atoms with van der Waals surface area (Å²) in [6.45, 7) is 0.565. The number of carbonyl (C=O) groups is 1. The first-order valence-corrected chi connectivity index (χ1v) is 10.1. The van der Waals surface area contributed by atoms with Gasteiger partial charge in [0.05, 0.1) is 31.5 Å². The standard InChI is InChI=1S/C20H18Br2N4O3/c1-28-18-10-14(9-16(22)19(18)29-2)11-23-24-20(27)17-6-7-26(25-17)12-13-4-3-5-15(21)8-13/h3-11H,12H2,1-2H3,(H,24,27). The molecule has 0 fully saturated rings. The van der Waals surface area contributed by atoms with Crippen LogP contribution in [0.2, 0.25) is 0 Å². The van der Waals surface area contributed by atoms with E-state index in [4.69, 9.17) is 9.47 Å². The highest BCUT2D eigenvalue weighted by Crippen LogP contribution is 2.35. The average molecular weight is 522 g/mol. The Hall–Kier alpha value is -2.65. The summed E-state index contributed by atoms with van der Waals surface area (Å²) in [6, 6.07) is 13.1. The van der Waals surface area contributed by atoms with Crippen LogP contribution in [-0.4, -0.2) is 36.1 Å². The van der Waals surface area contributed by atoms with E-state index in [9.17, 15) is 4.79 Å². The highest BCUT2D eigenvalue weighted by Gasteiger charge is 2.11. The van der Waals surface area contributed by atoms with Gasteiger partial charge in [0, 0.05) is 10.7 Å². The molecule has 0 saturated carbocycles. The summed E-state index contributed by atoms with van der Waals surface area (Å²) in [7, 11) is 3.11. The minimum Gasteiger partial charge on any atom is -0.493 e. The fraction of sp³-hybridized carbons (Fsp3) is 0.150. The van der Waals surface area contributed by atoms with Gasteiger partial charge in [-0.2, -0.15) is 10.2 Å². The highest BCUT2D eigenvalue weighted by molar-refractivity contribution is 9.10. The Balaban J connectivity index is 1.64. The van der Waals surface area contributed by atoms with Gasteiger partial charge in [-0.05, 0) is 57.4 Å². The lowest BCUT2D eigenvalue weighted by molar-refractivity contribution is 0.0949. The van der Waals surface area contributed by atoms with Crippen molar-refractivity contribution >= 4 is 44.0 Å². The van der Waals surface area contributed by atoms with Gasteiger partial charge in [0.1, 0.15) is 0 Å². The lowest BCUT2D eigenvalue weighted by Crippen LogP contribution is -2.18. The van der Waals surface area contributed by atoms with Crippen LogP contribution in [0.3, 0.4) is 0 Å². The second kappa shape index (κ2) is 9.71. The predicted molar refractivity (Wildman–Crippen MR) is 118 cm³/mol. The van der Waals surface area contributed by atoms with Crippen LogP contribution < -0.4 is 14.9 Å². The van der Waals surface area contributed by atoms with Gasteiger partial charge >= 0.3 is 0 Å². The van der Waals surface area contributed by atoms with Crippen LogP contribution in [0.15, 0.2) is 62.7 Å². The summed E-state index contributed by atoms with van der Waals surface area (Å²) in [5.41, 5.74) is 4.57. The number of hydrazone groups is 1. The first-order valence-electron chi connectivity index (χ1n) is 8.53. The van der Waals surface area contributed by atoms with E-state index in [1.54, 1.807) is 37.2 Å². The smallest absolute Gasteiger partial charge is 0.291 e. The van der Waals surface area contributed by atoms with Crippen molar-refractivity contribution in [3.05, 3.63) is 74.4 Å². The van der Waals surface area contributed by atoms with Gasteiger partial charge in [0.2, 0.25) is 0 Å². The quantitative estimate of drug-likeness (QED) is 0.372. The van der Waals surface area contributed by atoms with E-state index in [2.05, 4.69) is 47.5 Å². The van der Waals surface area contributed by atoms with Gasteiger partial charge in [-0.15, -0.1) is 0 Å². The number of halogens is 2. The molecule has 0 unspecified atom stereocenters.